The number of nitrogens with two attached hydrogens (primary N) is 1. The Labute approximate surface area is 277 Å². The lowest BCUT2D eigenvalue weighted by molar-refractivity contribution is -0.240. The van der Waals surface area contributed by atoms with Crippen molar-refractivity contribution >= 4 is 5.91 Å². The number of fused-ring (bicyclic) bond motifs is 5. The minimum absolute atomic E-state index is 0.0172. The Morgan fingerprint density at radius 3 is 2.24 bits per heavy atom. The van der Waals surface area contributed by atoms with E-state index in [1.165, 1.54) is 0 Å². The van der Waals surface area contributed by atoms with Crippen LogP contribution in [0, 0.1) is 45.3 Å². The first-order valence-electron chi connectivity index (χ1n) is 18.2. The summed E-state index contributed by atoms with van der Waals surface area (Å²) in [6.07, 6.45) is 8.92. The third kappa shape index (κ3) is 5.16. The Morgan fingerprint density at radius 1 is 0.957 bits per heavy atom. The number of carbonyl (C=O) groups excluding carboxylic acids is 1. The third-order valence-electron chi connectivity index (χ3n) is 15.4. The average molecular weight is 639 g/mol. The SMILES string of the molecule is CC(C)(O)[C@@H]1CC[C@@](C)([C@H]2CC[C@]3(C)[C@@H]2[C@H](O)C[C@@H]2[C@@]4(C)CC[C@H](NC(=O)[C@@H](N)Cc5ccc(O)cc5)C(C)(C)[C@@H]4CC[C@]23C)O1. The molecule has 5 fully saturated rings. The van der Waals surface area contributed by atoms with Gasteiger partial charge >= 0.3 is 0 Å². The Bertz CT molecular complexity index is 1310. The summed E-state index contributed by atoms with van der Waals surface area (Å²) in [5.41, 5.74) is 6.24. The molecule has 4 aliphatic carbocycles. The molecule has 0 aromatic heterocycles. The van der Waals surface area contributed by atoms with Crippen molar-refractivity contribution in [3.8, 4) is 5.75 Å². The van der Waals surface area contributed by atoms with Crippen molar-refractivity contribution in [2.24, 2.45) is 51.1 Å². The van der Waals surface area contributed by atoms with E-state index in [-0.39, 0.29) is 69.0 Å². The van der Waals surface area contributed by atoms with Crippen LogP contribution in [0.1, 0.15) is 119 Å². The zero-order valence-electron chi connectivity index (χ0n) is 29.7. The molecule has 7 nitrogen and oxygen atoms in total. The first kappa shape index (κ1) is 34.2. The number of nitrogens with one attached hydrogen (secondary N) is 1. The summed E-state index contributed by atoms with van der Waals surface area (Å²) in [6, 6.07) is 6.31. The van der Waals surface area contributed by atoms with Crippen molar-refractivity contribution in [2.45, 2.75) is 155 Å². The fraction of sp³-hybridized carbons (Fsp3) is 0.821. The van der Waals surface area contributed by atoms with Crippen LogP contribution < -0.4 is 11.1 Å². The van der Waals surface area contributed by atoms with E-state index in [1.54, 1.807) is 12.1 Å². The lowest BCUT2D eigenvalue weighted by Gasteiger charge is -2.71. The molecular weight excluding hydrogens is 576 g/mol. The topological polar surface area (TPSA) is 125 Å². The normalized spacial score (nSPS) is 45.8. The van der Waals surface area contributed by atoms with Crippen LogP contribution in [0.15, 0.2) is 24.3 Å². The summed E-state index contributed by atoms with van der Waals surface area (Å²) in [6.45, 7) is 18.2. The maximum absolute atomic E-state index is 13.4. The van der Waals surface area contributed by atoms with Gasteiger partial charge in [0.25, 0.3) is 0 Å². The van der Waals surface area contributed by atoms with E-state index in [2.05, 4.69) is 46.9 Å². The van der Waals surface area contributed by atoms with Crippen LogP contribution in [0.5, 0.6) is 5.75 Å². The number of rotatable bonds is 6. The summed E-state index contributed by atoms with van der Waals surface area (Å²) < 4.78 is 6.73. The second-order valence-corrected chi connectivity index (χ2v) is 18.5. The molecule has 0 spiro atoms. The summed E-state index contributed by atoms with van der Waals surface area (Å²) in [5, 5.41) is 35.9. The van der Waals surface area contributed by atoms with Crippen molar-refractivity contribution < 1.29 is 24.9 Å². The molecule has 1 aliphatic heterocycles. The highest BCUT2D eigenvalue weighted by Crippen LogP contribution is 2.76. The zero-order chi connectivity index (χ0) is 33.7. The number of aromatic hydroxyl groups is 1. The van der Waals surface area contributed by atoms with Gasteiger partial charge in [-0.1, -0.05) is 46.8 Å². The average Bonchev–Trinajstić information content (AvgIpc) is 3.56. The van der Waals surface area contributed by atoms with Crippen molar-refractivity contribution in [2.75, 3.05) is 0 Å². The Kier molecular flexibility index (Phi) is 8.31. The van der Waals surface area contributed by atoms with Gasteiger partial charge in [-0.3, -0.25) is 4.79 Å². The third-order valence-corrected chi connectivity index (χ3v) is 15.4. The molecule has 46 heavy (non-hydrogen) atoms. The molecule has 5 aliphatic rings. The lowest BCUT2D eigenvalue weighted by Crippen LogP contribution is -2.68. The standard InChI is InChI=1S/C39H62N2O5/c1-34(2)28-14-19-37(6)29(36(28,5)17-15-30(34)41-33(44)26(40)21-23-9-11-24(42)12-10-23)22-27(43)32-25(13-18-38(32,37)7)39(8)20-16-31(46-39)35(3,4)45/h9-12,25-32,42-43,45H,13-22,40H2,1-8H3,(H,41,44)/t25-,26-,27+,28-,29+,30-,31-,32-,36-,37+,38+,39-/m0/s1. The molecular formula is C39H62N2O5. The fourth-order valence-electron chi connectivity index (χ4n) is 12.6. The van der Waals surface area contributed by atoms with Gasteiger partial charge in [0.15, 0.2) is 0 Å². The number of benzene rings is 1. The van der Waals surface area contributed by atoms with E-state index in [4.69, 9.17) is 10.5 Å². The molecule has 1 aromatic carbocycles. The highest BCUT2D eigenvalue weighted by Gasteiger charge is 2.72. The molecule has 12 atom stereocenters. The van der Waals surface area contributed by atoms with Gasteiger partial charge < -0.3 is 31.1 Å². The predicted octanol–water partition coefficient (Wildman–Crippen LogP) is 6.11. The van der Waals surface area contributed by atoms with Crippen LogP contribution in [0.2, 0.25) is 0 Å². The first-order valence-corrected chi connectivity index (χ1v) is 18.2. The van der Waals surface area contributed by atoms with Gasteiger partial charge in [0, 0.05) is 6.04 Å². The van der Waals surface area contributed by atoms with Crippen LogP contribution in [0.25, 0.3) is 0 Å². The molecule has 258 valence electrons. The van der Waals surface area contributed by atoms with Crippen LogP contribution >= 0.6 is 0 Å². The van der Waals surface area contributed by atoms with E-state index in [0.29, 0.717) is 18.3 Å². The number of ether oxygens (including phenoxy) is 1. The molecule has 4 saturated carbocycles. The predicted molar refractivity (Wildman–Crippen MR) is 181 cm³/mol. The molecule has 6 rings (SSSR count). The first-order chi connectivity index (χ1) is 21.3. The number of hydrogen-bond acceptors (Lipinski definition) is 6. The summed E-state index contributed by atoms with van der Waals surface area (Å²) >= 11 is 0. The van der Waals surface area contributed by atoms with Gasteiger partial charge in [-0.15, -0.1) is 0 Å². The Hall–Kier alpha value is -1.67. The zero-order valence-corrected chi connectivity index (χ0v) is 29.7. The molecule has 0 radical (unpaired) electrons. The molecule has 6 N–H and O–H groups in total. The fourth-order valence-corrected chi connectivity index (χ4v) is 12.6. The number of amides is 1. The molecule has 0 unspecified atom stereocenters. The Balaban J connectivity index is 1.20. The Morgan fingerprint density at radius 2 is 1.61 bits per heavy atom. The second-order valence-electron chi connectivity index (χ2n) is 18.5. The highest BCUT2D eigenvalue weighted by atomic mass is 16.5. The van der Waals surface area contributed by atoms with Crippen LogP contribution in [-0.4, -0.2) is 56.7 Å². The number of hydrogen-bond donors (Lipinski definition) is 5. The van der Waals surface area contributed by atoms with Crippen molar-refractivity contribution in [1.82, 2.24) is 5.32 Å². The quantitative estimate of drug-likeness (QED) is 0.256. The van der Waals surface area contributed by atoms with Crippen molar-refractivity contribution in [1.29, 1.82) is 0 Å². The van der Waals surface area contributed by atoms with Gasteiger partial charge in [-0.25, -0.2) is 0 Å². The number of carbonyl (C=O) groups is 1. The summed E-state index contributed by atoms with van der Waals surface area (Å²) in [7, 11) is 0. The number of phenols is 1. The minimum Gasteiger partial charge on any atom is -0.508 e. The molecule has 1 aromatic rings. The number of aliphatic hydroxyl groups is 2. The maximum atomic E-state index is 13.4. The van der Waals surface area contributed by atoms with Gasteiger partial charge in [0.1, 0.15) is 5.75 Å². The van der Waals surface area contributed by atoms with E-state index < -0.39 is 11.6 Å². The molecule has 1 amide bonds. The van der Waals surface area contributed by atoms with Crippen molar-refractivity contribution in [3.05, 3.63) is 29.8 Å². The van der Waals surface area contributed by atoms with Gasteiger partial charge in [-0.05, 0) is 148 Å². The van der Waals surface area contributed by atoms with Crippen LogP contribution in [0.4, 0.5) is 0 Å². The monoisotopic (exact) mass is 638 g/mol. The van der Waals surface area contributed by atoms with E-state index in [0.717, 1.165) is 63.4 Å². The van der Waals surface area contributed by atoms with Gasteiger partial charge in [0.2, 0.25) is 5.91 Å². The summed E-state index contributed by atoms with van der Waals surface area (Å²) in [4.78, 5) is 13.4. The van der Waals surface area contributed by atoms with E-state index in [1.807, 2.05) is 26.0 Å². The second kappa shape index (κ2) is 11.2. The van der Waals surface area contributed by atoms with E-state index >= 15 is 0 Å². The minimum atomic E-state index is -0.863. The maximum Gasteiger partial charge on any atom is 0.237 e. The highest BCUT2D eigenvalue weighted by molar-refractivity contribution is 5.82. The molecule has 1 saturated heterocycles. The largest absolute Gasteiger partial charge is 0.508 e. The van der Waals surface area contributed by atoms with E-state index in [9.17, 15) is 20.1 Å². The van der Waals surface area contributed by atoms with Gasteiger partial charge in [0.05, 0.1) is 29.5 Å². The van der Waals surface area contributed by atoms with Crippen LogP contribution in [-0.2, 0) is 16.0 Å². The van der Waals surface area contributed by atoms with Crippen molar-refractivity contribution in [3.63, 3.8) is 0 Å². The summed E-state index contributed by atoms with van der Waals surface area (Å²) in [5.74, 6) is 1.42. The van der Waals surface area contributed by atoms with Crippen LogP contribution in [0.3, 0.4) is 0 Å². The number of aliphatic hydroxyl groups excluding tert-OH is 1. The molecule has 1 heterocycles. The number of phenolic OH excluding ortho intramolecular Hbond substituents is 1. The van der Waals surface area contributed by atoms with Gasteiger partial charge in [-0.2, -0.15) is 0 Å². The molecule has 0 bridgehead atoms. The molecule has 7 heteroatoms. The smallest absolute Gasteiger partial charge is 0.237 e. The lowest BCUT2D eigenvalue weighted by atomic mass is 9.35.